The van der Waals surface area contributed by atoms with Gasteiger partial charge in [0.25, 0.3) is 5.89 Å². The highest BCUT2D eigenvalue weighted by Crippen LogP contribution is 2.38. The number of allylic oxidation sites excluding steroid dienone is 1. The van der Waals surface area contributed by atoms with Crippen molar-refractivity contribution in [1.82, 2.24) is 20.4 Å². The van der Waals surface area contributed by atoms with Crippen molar-refractivity contribution in [2.24, 2.45) is 0 Å². The number of carbonyl (C=O) groups excluding carboxylic acids is 1. The van der Waals surface area contributed by atoms with E-state index in [1.165, 1.54) is 10.5 Å². The van der Waals surface area contributed by atoms with E-state index in [2.05, 4.69) is 65.9 Å². The fourth-order valence-electron chi connectivity index (χ4n) is 4.40. The summed E-state index contributed by atoms with van der Waals surface area (Å²) in [7, 11) is 0. The molecule has 1 atom stereocenters. The van der Waals surface area contributed by atoms with Gasteiger partial charge >= 0.3 is 6.03 Å². The van der Waals surface area contributed by atoms with Gasteiger partial charge in [-0.15, -0.1) is 11.8 Å². The summed E-state index contributed by atoms with van der Waals surface area (Å²) in [5.74, 6) is 0.917. The summed E-state index contributed by atoms with van der Waals surface area (Å²) in [5, 5.41) is 7.43. The second kappa shape index (κ2) is 10.4. The Morgan fingerprint density at radius 1 is 0.972 bits per heavy atom. The first kappa shape index (κ1) is 23.9. The van der Waals surface area contributed by atoms with E-state index in [4.69, 9.17) is 9.51 Å². The number of hydrogen-bond acceptors (Lipinski definition) is 5. The zero-order chi connectivity index (χ0) is 25.1. The summed E-state index contributed by atoms with van der Waals surface area (Å²) in [6.45, 7) is 4.52. The van der Waals surface area contributed by atoms with Crippen molar-refractivity contribution < 1.29 is 9.32 Å². The van der Waals surface area contributed by atoms with Gasteiger partial charge in [-0.1, -0.05) is 78.8 Å². The molecule has 2 heterocycles. The lowest BCUT2D eigenvalue weighted by Crippen LogP contribution is -2.45. The molecule has 1 aromatic heterocycles. The Morgan fingerprint density at radius 2 is 1.67 bits per heavy atom. The Morgan fingerprint density at radius 3 is 2.33 bits per heavy atom. The van der Waals surface area contributed by atoms with E-state index < -0.39 is 6.04 Å². The lowest BCUT2D eigenvalue weighted by atomic mass is 9.93. The van der Waals surface area contributed by atoms with Gasteiger partial charge in [-0.2, -0.15) is 4.98 Å². The van der Waals surface area contributed by atoms with Crippen molar-refractivity contribution in [3.8, 4) is 11.4 Å². The van der Waals surface area contributed by atoms with Gasteiger partial charge in [-0.05, 0) is 48.4 Å². The summed E-state index contributed by atoms with van der Waals surface area (Å²) in [6.07, 6.45) is 3.00. The number of benzene rings is 3. The molecule has 3 aromatic carbocycles. The lowest BCUT2D eigenvalue weighted by molar-refractivity contribution is 0.203. The third-order valence-corrected chi connectivity index (χ3v) is 7.25. The van der Waals surface area contributed by atoms with E-state index in [1.54, 1.807) is 16.7 Å². The number of carbonyl (C=O) groups is 1. The maximum atomic E-state index is 13.4. The van der Waals surface area contributed by atoms with Crippen molar-refractivity contribution >= 4 is 23.4 Å². The smallest absolute Gasteiger partial charge is 0.322 e. The molecule has 1 aliphatic heterocycles. The molecule has 1 unspecified atom stereocenters. The maximum Gasteiger partial charge on any atom is 0.322 e. The summed E-state index contributed by atoms with van der Waals surface area (Å²) in [5.41, 5.74) is 5.72. The number of aromatic nitrogens is 2. The molecule has 1 aliphatic rings. The predicted molar refractivity (Wildman–Crippen MR) is 143 cm³/mol. The third-order valence-electron chi connectivity index (χ3n) is 6.51. The molecule has 182 valence electrons. The largest absolute Gasteiger partial charge is 0.334 e. The first-order valence-electron chi connectivity index (χ1n) is 12.0. The van der Waals surface area contributed by atoms with Crippen LogP contribution in [0.3, 0.4) is 0 Å². The second-order valence-electron chi connectivity index (χ2n) is 8.70. The van der Waals surface area contributed by atoms with Crippen LogP contribution < -0.4 is 5.32 Å². The Labute approximate surface area is 215 Å². The number of amides is 2. The molecular formula is C29H28N4O2S. The zero-order valence-corrected chi connectivity index (χ0v) is 21.4. The molecular weight excluding hydrogens is 468 g/mol. The van der Waals surface area contributed by atoms with Crippen molar-refractivity contribution in [2.45, 2.75) is 37.8 Å². The van der Waals surface area contributed by atoms with Gasteiger partial charge in [0, 0.05) is 16.2 Å². The molecule has 0 radical (unpaired) electrons. The van der Waals surface area contributed by atoms with Crippen LogP contribution in [0.2, 0.25) is 0 Å². The minimum Gasteiger partial charge on any atom is -0.334 e. The third kappa shape index (κ3) is 4.79. The van der Waals surface area contributed by atoms with Crippen LogP contribution in [0, 0.1) is 0 Å². The quantitative estimate of drug-likeness (QED) is 0.288. The van der Waals surface area contributed by atoms with Crippen LogP contribution in [-0.4, -0.2) is 27.3 Å². The summed E-state index contributed by atoms with van der Waals surface area (Å²) >= 11 is 1.69. The molecule has 4 aromatic rings. The average molecular weight is 497 g/mol. The highest BCUT2D eigenvalue weighted by atomic mass is 32.2. The summed E-state index contributed by atoms with van der Waals surface area (Å²) in [4.78, 5) is 21.0. The van der Waals surface area contributed by atoms with Gasteiger partial charge in [0.15, 0.2) is 0 Å². The highest BCUT2D eigenvalue weighted by molar-refractivity contribution is 7.98. The summed E-state index contributed by atoms with van der Waals surface area (Å²) in [6, 6.07) is 25.7. The standard InChI is InChI=1S/C29H28N4O2S/c1-4-20-10-14-22(15-11-20)26-25(28-31-27(32-35-28)23-8-6-5-7-9-23)19(2)33(29(34)30-26)18-21-12-16-24(36-3)17-13-21/h5-17,26H,4,18H2,1-3H3,(H,30,34). The van der Waals surface area contributed by atoms with E-state index >= 15 is 0 Å². The van der Waals surface area contributed by atoms with Crippen molar-refractivity contribution in [3.05, 3.63) is 107 Å². The molecule has 0 saturated heterocycles. The number of nitrogens with one attached hydrogen (secondary N) is 1. The molecule has 0 fully saturated rings. The van der Waals surface area contributed by atoms with E-state index in [-0.39, 0.29) is 6.03 Å². The van der Waals surface area contributed by atoms with Crippen LogP contribution in [0.4, 0.5) is 4.79 Å². The molecule has 7 heteroatoms. The topological polar surface area (TPSA) is 71.3 Å². The van der Waals surface area contributed by atoms with Crippen LogP contribution in [-0.2, 0) is 13.0 Å². The minimum absolute atomic E-state index is 0.155. The Kier molecular flexibility index (Phi) is 6.91. The Bertz CT molecular complexity index is 1380. The van der Waals surface area contributed by atoms with Crippen LogP contribution in [0.15, 0.2) is 94.0 Å². The first-order chi connectivity index (χ1) is 17.6. The Hall–Kier alpha value is -3.84. The van der Waals surface area contributed by atoms with Gasteiger partial charge in [0.2, 0.25) is 5.82 Å². The number of hydrogen-bond donors (Lipinski definition) is 1. The van der Waals surface area contributed by atoms with E-state index in [9.17, 15) is 4.79 Å². The number of aryl methyl sites for hydroxylation is 1. The van der Waals surface area contributed by atoms with Crippen molar-refractivity contribution in [2.75, 3.05) is 6.26 Å². The number of urea groups is 1. The normalized spacial score (nSPS) is 15.8. The van der Waals surface area contributed by atoms with Crippen LogP contribution >= 0.6 is 11.8 Å². The summed E-state index contributed by atoms with van der Waals surface area (Å²) < 4.78 is 5.79. The molecule has 36 heavy (non-hydrogen) atoms. The monoisotopic (exact) mass is 496 g/mol. The predicted octanol–water partition coefficient (Wildman–Crippen LogP) is 6.72. The van der Waals surface area contributed by atoms with Crippen molar-refractivity contribution in [3.63, 3.8) is 0 Å². The van der Waals surface area contributed by atoms with E-state index in [0.717, 1.165) is 34.4 Å². The number of nitrogens with zero attached hydrogens (tertiary/aromatic N) is 3. The first-order valence-corrected chi connectivity index (χ1v) is 13.2. The van der Waals surface area contributed by atoms with Gasteiger partial charge in [-0.25, -0.2) is 4.79 Å². The molecule has 1 N–H and O–H groups in total. The van der Waals surface area contributed by atoms with Crippen molar-refractivity contribution in [1.29, 1.82) is 0 Å². The van der Waals surface area contributed by atoms with E-state index in [1.807, 2.05) is 43.5 Å². The molecule has 2 amide bonds. The lowest BCUT2D eigenvalue weighted by Gasteiger charge is -2.35. The van der Waals surface area contributed by atoms with E-state index in [0.29, 0.717) is 18.3 Å². The Balaban J connectivity index is 1.57. The fourth-order valence-corrected chi connectivity index (χ4v) is 4.80. The molecule has 0 spiro atoms. The molecule has 0 aliphatic carbocycles. The molecule has 6 nitrogen and oxygen atoms in total. The SMILES string of the molecule is CCc1ccc(C2NC(=O)N(Cc3ccc(SC)cc3)C(C)=C2c2nc(-c3ccccc3)no2)cc1. The van der Waals surface area contributed by atoms with Crippen LogP contribution in [0.1, 0.15) is 42.5 Å². The fraction of sp³-hybridized carbons (Fsp3) is 0.207. The molecule has 0 bridgehead atoms. The van der Waals surface area contributed by atoms with Gasteiger partial charge < -0.3 is 9.84 Å². The maximum absolute atomic E-state index is 13.4. The number of thioether (sulfide) groups is 1. The van der Waals surface area contributed by atoms with Gasteiger partial charge in [-0.3, -0.25) is 4.90 Å². The van der Waals surface area contributed by atoms with Gasteiger partial charge in [0.1, 0.15) is 0 Å². The number of rotatable bonds is 7. The highest BCUT2D eigenvalue weighted by Gasteiger charge is 2.35. The average Bonchev–Trinajstić information content (AvgIpc) is 3.41. The van der Waals surface area contributed by atoms with Gasteiger partial charge in [0.05, 0.1) is 18.2 Å². The zero-order valence-electron chi connectivity index (χ0n) is 20.6. The second-order valence-corrected chi connectivity index (χ2v) is 9.58. The van der Waals surface area contributed by atoms with Crippen LogP contribution in [0.5, 0.6) is 0 Å². The molecule has 0 saturated carbocycles. The minimum atomic E-state index is -0.400. The van der Waals surface area contributed by atoms with Crippen LogP contribution in [0.25, 0.3) is 17.0 Å². The molecule has 5 rings (SSSR count).